The Balaban J connectivity index is 2.00. The van der Waals surface area contributed by atoms with Crippen molar-refractivity contribution in [1.29, 1.82) is 0 Å². The van der Waals surface area contributed by atoms with Gasteiger partial charge >= 0.3 is 5.97 Å². The predicted molar refractivity (Wildman–Crippen MR) is 67.0 cm³/mol. The number of carbonyl (C=O) groups is 1. The van der Waals surface area contributed by atoms with Crippen LogP contribution in [-0.4, -0.2) is 29.1 Å². The maximum Gasteiger partial charge on any atom is 0.307 e. The van der Waals surface area contributed by atoms with E-state index in [1.54, 1.807) is 12.1 Å². The fraction of sp³-hybridized carbons (Fsp3) is 0.462. The van der Waals surface area contributed by atoms with E-state index in [1.165, 1.54) is 6.07 Å². The molecule has 0 aromatic heterocycles. The van der Waals surface area contributed by atoms with Crippen molar-refractivity contribution >= 4 is 17.6 Å². The topological polar surface area (TPSA) is 40.5 Å². The minimum atomic E-state index is -0.739. The summed E-state index contributed by atoms with van der Waals surface area (Å²) in [5.41, 5.74) is 0.910. The second-order valence-electron chi connectivity index (χ2n) is 4.66. The summed E-state index contributed by atoms with van der Waals surface area (Å²) in [4.78, 5) is 13.0. The van der Waals surface area contributed by atoms with Gasteiger partial charge in [0.15, 0.2) is 0 Å². The Morgan fingerprint density at radius 3 is 3.00 bits per heavy atom. The maximum atomic E-state index is 13.0. The van der Waals surface area contributed by atoms with Crippen molar-refractivity contribution in [3.8, 4) is 0 Å². The van der Waals surface area contributed by atoms with E-state index in [4.69, 9.17) is 16.7 Å². The van der Waals surface area contributed by atoms with Crippen LogP contribution in [0.3, 0.4) is 0 Å². The molecule has 0 bridgehead atoms. The van der Waals surface area contributed by atoms with Crippen molar-refractivity contribution in [3.05, 3.63) is 34.6 Å². The zero-order chi connectivity index (χ0) is 13.1. The number of likely N-dealkylation sites (tertiary alicyclic amines) is 1. The molecule has 1 saturated heterocycles. The number of hydrogen-bond donors (Lipinski definition) is 1. The van der Waals surface area contributed by atoms with Gasteiger partial charge in [0.25, 0.3) is 0 Å². The van der Waals surface area contributed by atoms with Gasteiger partial charge in [-0.15, -0.1) is 0 Å². The molecule has 0 aliphatic carbocycles. The SMILES string of the molecule is O=C(O)[C@@H]1CCCN(Cc2ccc(F)c(Cl)c2)C1. The smallest absolute Gasteiger partial charge is 0.307 e. The fourth-order valence-electron chi connectivity index (χ4n) is 2.30. The number of nitrogens with zero attached hydrogens (tertiary/aromatic N) is 1. The molecule has 18 heavy (non-hydrogen) atoms. The highest BCUT2D eigenvalue weighted by molar-refractivity contribution is 6.30. The van der Waals surface area contributed by atoms with Crippen molar-refractivity contribution in [3.63, 3.8) is 0 Å². The van der Waals surface area contributed by atoms with Gasteiger partial charge < -0.3 is 5.11 Å². The number of carboxylic acids is 1. The molecular formula is C13H15ClFNO2. The third kappa shape index (κ3) is 3.21. The number of benzene rings is 1. The summed E-state index contributed by atoms with van der Waals surface area (Å²) in [5, 5.41) is 9.12. The molecule has 1 fully saturated rings. The van der Waals surface area contributed by atoms with E-state index < -0.39 is 11.8 Å². The van der Waals surface area contributed by atoms with Crippen molar-refractivity contribution < 1.29 is 14.3 Å². The average molecular weight is 272 g/mol. The number of carboxylic acid groups (broad SMARTS) is 1. The summed E-state index contributed by atoms with van der Waals surface area (Å²) in [7, 11) is 0. The number of piperidine rings is 1. The number of hydrogen-bond acceptors (Lipinski definition) is 2. The Bertz CT molecular complexity index is 453. The molecule has 1 N–H and O–H groups in total. The lowest BCUT2D eigenvalue weighted by molar-refractivity contribution is -0.143. The van der Waals surface area contributed by atoms with E-state index in [0.29, 0.717) is 13.1 Å². The molecule has 3 nitrogen and oxygen atoms in total. The Morgan fingerprint density at radius 2 is 2.33 bits per heavy atom. The summed E-state index contributed by atoms with van der Waals surface area (Å²) in [6.45, 7) is 2.03. The number of aliphatic carboxylic acids is 1. The first-order valence-corrected chi connectivity index (χ1v) is 6.33. The summed E-state index contributed by atoms with van der Waals surface area (Å²) >= 11 is 5.72. The molecule has 1 aromatic rings. The first kappa shape index (κ1) is 13.3. The Labute approximate surface area is 110 Å². The zero-order valence-corrected chi connectivity index (χ0v) is 10.7. The number of halogens is 2. The van der Waals surface area contributed by atoms with Crippen LogP contribution in [0.15, 0.2) is 18.2 Å². The average Bonchev–Trinajstić information content (AvgIpc) is 2.34. The van der Waals surface area contributed by atoms with Gasteiger partial charge in [-0.05, 0) is 37.1 Å². The molecule has 1 aliphatic rings. The quantitative estimate of drug-likeness (QED) is 0.919. The van der Waals surface area contributed by atoms with Crippen LogP contribution in [0.1, 0.15) is 18.4 Å². The van der Waals surface area contributed by atoms with Crippen LogP contribution in [0.25, 0.3) is 0 Å². The van der Waals surface area contributed by atoms with E-state index in [2.05, 4.69) is 4.90 Å². The molecular weight excluding hydrogens is 257 g/mol. The van der Waals surface area contributed by atoms with E-state index in [0.717, 1.165) is 24.9 Å². The van der Waals surface area contributed by atoms with Gasteiger partial charge in [-0.1, -0.05) is 17.7 Å². The third-order valence-corrected chi connectivity index (χ3v) is 3.53. The minimum absolute atomic E-state index is 0.110. The lowest BCUT2D eigenvalue weighted by Crippen LogP contribution is -2.38. The highest BCUT2D eigenvalue weighted by atomic mass is 35.5. The molecule has 0 unspecified atom stereocenters. The van der Waals surface area contributed by atoms with Gasteiger partial charge in [-0.2, -0.15) is 0 Å². The Kier molecular flexibility index (Phi) is 4.19. The summed E-state index contributed by atoms with van der Waals surface area (Å²) < 4.78 is 13.0. The van der Waals surface area contributed by atoms with Gasteiger partial charge in [-0.25, -0.2) is 4.39 Å². The largest absolute Gasteiger partial charge is 0.481 e. The Morgan fingerprint density at radius 1 is 1.56 bits per heavy atom. The van der Waals surface area contributed by atoms with Gasteiger partial charge in [0.05, 0.1) is 10.9 Å². The van der Waals surface area contributed by atoms with Crippen LogP contribution in [0, 0.1) is 11.7 Å². The van der Waals surface area contributed by atoms with E-state index in [-0.39, 0.29) is 10.9 Å². The highest BCUT2D eigenvalue weighted by Gasteiger charge is 2.25. The third-order valence-electron chi connectivity index (χ3n) is 3.24. The second kappa shape index (κ2) is 5.67. The van der Waals surface area contributed by atoms with Crippen LogP contribution in [0.4, 0.5) is 4.39 Å². The zero-order valence-electron chi connectivity index (χ0n) is 9.90. The van der Waals surface area contributed by atoms with Crippen LogP contribution in [0.5, 0.6) is 0 Å². The molecule has 0 radical (unpaired) electrons. The minimum Gasteiger partial charge on any atom is -0.481 e. The molecule has 98 valence electrons. The first-order valence-electron chi connectivity index (χ1n) is 5.95. The molecule has 5 heteroatoms. The lowest BCUT2D eigenvalue weighted by Gasteiger charge is -2.30. The van der Waals surface area contributed by atoms with Gasteiger partial charge in [0, 0.05) is 13.1 Å². The first-order chi connectivity index (χ1) is 8.56. The Hall–Kier alpha value is -1.13. The van der Waals surface area contributed by atoms with E-state index in [1.807, 2.05) is 0 Å². The maximum absolute atomic E-state index is 13.0. The van der Waals surface area contributed by atoms with Gasteiger partial charge in [0.2, 0.25) is 0 Å². The monoisotopic (exact) mass is 271 g/mol. The van der Waals surface area contributed by atoms with Crippen molar-refractivity contribution in [1.82, 2.24) is 4.90 Å². The molecule has 0 saturated carbocycles. The molecule has 1 aromatic carbocycles. The van der Waals surface area contributed by atoms with Gasteiger partial charge in [-0.3, -0.25) is 9.69 Å². The molecule has 0 amide bonds. The molecule has 1 atom stereocenters. The van der Waals surface area contributed by atoms with E-state index in [9.17, 15) is 9.18 Å². The van der Waals surface area contributed by atoms with Crippen LogP contribution < -0.4 is 0 Å². The lowest BCUT2D eigenvalue weighted by atomic mass is 9.98. The van der Waals surface area contributed by atoms with Crippen LogP contribution >= 0.6 is 11.6 Å². The second-order valence-corrected chi connectivity index (χ2v) is 5.07. The van der Waals surface area contributed by atoms with Crippen LogP contribution in [0.2, 0.25) is 5.02 Å². The van der Waals surface area contributed by atoms with Crippen molar-refractivity contribution in [2.75, 3.05) is 13.1 Å². The summed E-state index contributed by atoms with van der Waals surface area (Å²) in [6.07, 6.45) is 1.61. The molecule has 1 aliphatic heterocycles. The van der Waals surface area contributed by atoms with Gasteiger partial charge in [0.1, 0.15) is 5.82 Å². The van der Waals surface area contributed by atoms with Crippen LogP contribution in [-0.2, 0) is 11.3 Å². The van der Waals surface area contributed by atoms with Crippen molar-refractivity contribution in [2.24, 2.45) is 5.92 Å². The molecule has 2 rings (SSSR count). The number of rotatable bonds is 3. The fourth-order valence-corrected chi connectivity index (χ4v) is 2.50. The molecule has 0 spiro atoms. The molecule has 1 heterocycles. The van der Waals surface area contributed by atoms with E-state index >= 15 is 0 Å². The highest BCUT2D eigenvalue weighted by Crippen LogP contribution is 2.21. The van der Waals surface area contributed by atoms with Crippen molar-refractivity contribution in [2.45, 2.75) is 19.4 Å². The summed E-state index contributed by atoms with van der Waals surface area (Å²) in [5.74, 6) is -1.46. The normalized spacial score (nSPS) is 20.9. The predicted octanol–water partition coefficient (Wildman–Crippen LogP) is 2.78. The summed E-state index contributed by atoms with van der Waals surface area (Å²) in [6, 6.07) is 4.63. The standard InChI is InChI=1S/C13H15ClFNO2/c14-11-6-9(3-4-12(11)15)7-16-5-1-2-10(8-16)13(17)18/h3-4,6,10H,1-2,5,7-8H2,(H,17,18)/t10-/m1/s1.